The lowest BCUT2D eigenvalue weighted by Crippen LogP contribution is -2.42. The molecule has 0 atom stereocenters. The Labute approximate surface area is 114 Å². The zero-order valence-corrected chi connectivity index (χ0v) is 11.1. The third-order valence-electron chi connectivity index (χ3n) is 3.44. The van der Waals surface area contributed by atoms with E-state index in [4.69, 9.17) is 11.6 Å². The van der Waals surface area contributed by atoms with Gasteiger partial charge in [0.25, 0.3) is 0 Å². The largest absolute Gasteiger partial charge is 0.471 e. The number of carbonyl (C=O) groups excluding carboxylic acids is 1. The van der Waals surface area contributed by atoms with Crippen LogP contribution < -0.4 is 0 Å². The Bertz CT molecular complexity index is 513. The minimum absolute atomic E-state index is 0.0759. The third kappa shape index (κ3) is 2.86. The summed E-state index contributed by atoms with van der Waals surface area (Å²) in [7, 11) is 0. The molecule has 0 spiro atoms. The minimum Gasteiger partial charge on any atom is -0.334 e. The fraction of sp³-hybridized carbons (Fsp3) is 0.462. The van der Waals surface area contributed by atoms with Gasteiger partial charge in [-0.3, -0.25) is 4.79 Å². The molecule has 1 aliphatic heterocycles. The molecule has 0 saturated heterocycles. The van der Waals surface area contributed by atoms with Crippen LogP contribution in [0.25, 0.3) is 0 Å². The first-order chi connectivity index (χ1) is 8.80. The van der Waals surface area contributed by atoms with Gasteiger partial charge < -0.3 is 4.90 Å². The van der Waals surface area contributed by atoms with Crippen molar-refractivity contribution in [2.24, 2.45) is 0 Å². The predicted octanol–water partition coefficient (Wildman–Crippen LogP) is 3.14. The van der Waals surface area contributed by atoms with Crippen molar-refractivity contribution in [1.82, 2.24) is 4.90 Å². The first-order valence-corrected chi connectivity index (χ1v) is 6.31. The molecule has 6 heteroatoms. The van der Waals surface area contributed by atoms with Crippen LogP contribution in [0.4, 0.5) is 13.2 Å². The van der Waals surface area contributed by atoms with Crippen LogP contribution in [0.2, 0.25) is 5.02 Å². The molecule has 2 rings (SSSR count). The van der Waals surface area contributed by atoms with E-state index < -0.39 is 12.1 Å². The summed E-state index contributed by atoms with van der Waals surface area (Å²) >= 11 is 6.01. The monoisotopic (exact) mass is 291 g/mol. The van der Waals surface area contributed by atoms with Crippen molar-refractivity contribution >= 4 is 17.5 Å². The molecule has 1 aromatic rings. The Morgan fingerprint density at radius 2 is 1.89 bits per heavy atom. The predicted molar refractivity (Wildman–Crippen MR) is 66.2 cm³/mol. The van der Waals surface area contributed by atoms with Crippen LogP contribution in [0.15, 0.2) is 12.1 Å². The van der Waals surface area contributed by atoms with Crippen molar-refractivity contribution < 1.29 is 18.0 Å². The van der Waals surface area contributed by atoms with Gasteiger partial charge in [0.2, 0.25) is 0 Å². The van der Waals surface area contributed by atoms with Gasteiger partial charge in [0.1, 0.15) is 0 Å². The van der Waals surface area contributed by atoms with E-state index in [0.29, 0.717) is 17.9 Å². The molecule has 2 nitrogen and oxygen atoms in total. The van der Waals surface area contributed by atoms with Gasteiger partial charge in [-0.05, 0) is 42.5 Å². The molecule has 19 heavy (non-hydrogen) atoms. The molecule has 1 aliphatic rings. The maximum atomic E-state index is 12.4. The number of amides is 1. The summed E-state index contributed by atoms with van der Waals surface area (Å²) in [4.78, 5) is 12.1. The van der Waals surface area contributed by atoms with Crippen LogP contribution in [0, 0.1) is 6.92 Å². The van der Waals surface area contributed by atoms with E-state index in [0.717, 1.165) is 21.6 Å². The fourth-order valence-corrected chi connectivity index (χ4v) is 2.54. The number of alkyl halides is 3. The highest BCUT2D eigenvalue weighted by Crippen LogP contribution is 2.27. The van der Waals surface area contributed by atoms with Gasteiger partial charge >= 0.3 is 12.1 Å². The molecular formula is C13H13ClF3NO. The second-order valence-electron chi connectivity index (χ2n) is 4.60. The second-order valence-corrected chi connectivity index (χ2v) is 5.01. The molecule has 0 N–H and O–H groups in total. The number of hydrogen-bond acceptors (Lipinski definition) is 1. The molecule has 0 fully saturated rings. The molecule has 0 radical (unpaired) electrons. The molecule has 0 bridgehead atoms. The summed E-state index contributed by atoms with van der Waals surface area (Å²) in [5, 5.41) is 0.606. The molecular weight excluding hydrogens is 279 g/mol. The number of benzene rings is 1. The molecule has 0 saturated carbocycles. The summed E-state index contributed by atoms with van der Waals surface area (Å²) in [6, 6.07) is 3.57. The Balaban J connectivity index is 2.22. The second kappa shape index (κ2) is 5.04. The van der Waals surface area contributed by atoms with Crippen molar-refractivity contribution in [3.8, 4) is 0 Å². The Hall–Kier alpha value is -1.23. The highest BCUT2D eigenvalue weighted by Gasteiger charge is 2.42. The molecule has 1 heterocycles. The summed E-state index contributed by atoms with van der Waals surface area (Å²) in [6.07, 6.45) is -3.97. The minimum atomic E-state index is -4.80. The lowest BCUT2D eigenvalue weighted by atomic mass is 9.98. The van der Waals surface area contributed by atoms with Gasteiger partial charge in [-0.1, -0.05) is 17.7 Å². The van der Waals surface area contributed by atoms with E-state index >= 15 is 0 Å². The maximum absolute atomic E-state index is 12.4. The quantitative estimate of drug-likeness (QED) is 0.719. The van der Waals surface area contributed by atoms with Gasteiger partial charge in [-0.2, -0.15) is 13.2 Å². The van der Waals surface area contributed by atoms with Crippen LogP contribution in [0.5, 0.6) is 0 Å². The number of fused-ring (bicyclic) bond motifs is 1. The molecule has 1 aromatic carbocycles. The number of nitrogens with zero attached hydrogens (tertiary/aromatic N) is 1. The lowest BCUT2D eigenvalue weighted by molar-refractivity contribution is -0.185. The molecule has 0 unspecified atom stereocenters. The fourth-order valence-electron chi connectivity index (χ4n) is 2.36. The SMILES string of the molecule is Cc1c(Cl)ccc2c1CCN(C(=O)C(F)(F)F)CC2. The molecule has 0 aliphatic carbocycles. The van der Waals surface area contributed by atoms with Crippen molar-refractivity contribution in [1.29, 1.82) is 0 Å². The highest BCUT2D eigenvalue weighted by atomic mass is 35.5. The highest BCUT2D eigenvalue weighted by molar-refractivity contribution is 6.31. The standard InChI is InChI=1S/C13H13ClF3NO/c1-8-10-5-7-18(12(19)13(15,16)17)6-4-9(10)2-3-11(8)14/h2-3H,4-7H2,1H3. The smallest absolute Gasteiger partial charge is 0.334 e. The van der Waals surface area contributed by atoms with E-state index in [-0.39, 0.29) is 13.1 Å². The van der Waals surface area contributed by atoms with Crippen LogP contribution in [0.3, 0.4) is 0 Å². The average molecular weight is 292 g/mol. The van der Waals surface area contributed by atoms with Gasteiger partial charge in [0.05, 0.1) is 0 Å². The van der Waals surface area contributed by atoms with Crippen LogP contribution >= 0.6 is 11.6 Å². The molecule has 1 amide bonds. The number of carbonyl (C=O) groups is 1. The van der Waals surface area contributed by atoms with Crippen LogP contribution in [-0.4, -0.2) is 30.1 Å². The Morgan fingerprint density at radius 3 is 2.53 bits per heavy atom. The van der Waals surface area contributed by atoms with E-state index in [1.54, 1.807) is 6.07 Å². The average Bonchev–Trinajstić information content (AvgIpc) is 2.54. The van der Waals surface area contributed by atoms with Gasteiger partial charge in [0.15, 0.2) is 0 Å². The number of halogens is 4. The molecule has 104 valence electrons. The van der Waals surface area contributed by atoms with Crippen molar-refractivity contribution in [2.75, 3.05) is 13.1 Å². The maximum Gasteiger partial charge on any atom is 0.471 e. The zero-order valence-electron chi connectivity index (χ0n) is 10.4. The van der Waals surface area contributed by atoms with Gasteiger partial charge in [-0.25, -0.2) is 0 Å². The van der Waals surface area contributed by atoms with E-state index in [9.17, 15) is 18.0 Å². The van der Waals surface area contributed by atoms with E-state index in [2.05, 4.69) is 0 Å². The van der Waals surface area contributed by atoms with Crippen molar-refractivity contribution in [3.63, 3.8) is 0 Å². The Kier molecular flexibility index (Phi) is 3.76. The van der Waals surface area contributed by atoms with E-state index in [1.807, 2.05) is 13.0 Å². The summed E-state index contributed by atoms with van der Waals surface area (Å²) in [6.45, 7) is 2.02. The number of rotatable bonds is 0. The number of hydrogen-bond donors (Lipinski definition) is 0. The van der Waals surface area contributed by atoms with Crippen molar-refractivity contribution in [3.05, 3.63) is 33.8 Å². The van der Waals surface area contributed by atoms with E-state index in [1.165, 1.54) is 0 Å². The summed E-state index contributed by atoms with van der Waals surface area (Å²) in [5.74, 6) is -1.76. The van der Waals surface area contributed by atoms with Crippen LogP contribution in [-0.2, 0) is 17.6 Å². The van der Waals surface area contributed by atoms with Crippen LogP contribution in [0.1, 0.15) is 16.7 Å². The summed E-state index contributed by atoms with van der Waals surface area (Å²) in [5.41, 5.74) is 2.82. The summed E-state index contributed by atoms with van der Waals surface area (Å²) < 4.78 is 37.3. The topological polar surface area (TPSA) is 20.3 Å². The lowest BCUT2D eigenvalue weighted by Gasteiger charge is -2.21. The van der Waals surface area contributed by atoms with Gasteiger partial charge in [-0.15, -0.1) is 0 Å². The first-order valence-electron chi connectivity index (χ1n) is 5.93. The third-order valence-corrected chi connectivity index (χ3v) is 3.85. The normalized spacial score (nSPS) is 15.9. The Morgan fingerprint density at radius 1 is 1.26 bits per heavy atom. The van der Waals surface area contributed by atoms with Gasteiger partial charge in [0, 0.05) is 18.1 Å². The first kappa shape index (κ1) is 14.2. The zero-order chi connectivity index (χ0) is 14.2. The molecule has 0 aromatic heterocycles. The van der Waals surface area contributed by atoms with Crippen molar-refractivity contribution in [2.45, 2.75) is 25.9 Å².